The summed E-state index contributed by atoms with van der Waals surface area (Å²) in [6.07, 6.45) is 0. The van der Waals surface area contributed by atoms with Crippen LogP contribution >= 0.6 is 11.6 Å². The molecule has 0 saturated carbocycles. The Labute approximate surface area is 165 Å². The van der Waals surface area contributed by atoms with Gasteiger partial charge in [-0.15, -0.1) is 0 Å². The van der Waals surface area contributed by atoms with Gasteiger partial charge in [0.2, 0.25) is 11.8 Å². The summed E-state index contributed by atoms with van der Waals surface area (Å²) in [5.74, 6) is -4.66. The number of amides is 2. The summed E-state index contributed by atoms with van der Waals surface area (Å²) in [7, 11) is 0. The molecular formula is C20H17ClN2O5. The van der Waals surface area contributed by atoms with Crippen LogP contribution in [0.2, 0.25) is 5.02 Å². The van der Waals surface area contributed by atoms with E-state index in [0.717, 1.165) is 4.90 Å². The van der Waals surface area contributed by atoms with E-state index in [4.69, 9.17) is 11.6 Å². The summed E-state index contributed by atoms with van der Waals surface area (Å²) in [5, 5.41) is 24.1. The summed E-state index contributed by atoms with van der Waals surface area (Å²) in [6, 6.07) is 11.8. The first-order valence-electron chi connectivity index (χ1n) is 8.74. The maximum atomic E-state index is 13.2. The van der Waals surface area contributed by atoms with Crippen molar-refractivity contribution in [2.45, 2.75) is 18.5 Å². The average molecular weight is 401 g/mol. The van der Waals surface area contributed by atoms with E-state index in [2.05, 4.69) is 0 Å². The van der Waals surface area contributed by atoms with E-state index < -0.39 is 41.2 Å². The zero-order valence-electron chi connectivity index (χ0n) is 14.8. The highest BCUT2D eigenvalue weighted by atomic mass is 35.5. The van der Waals surface area contributed by atoms with Crippen LogP contribution < -0.4 is 15.3 Å². The van der Waals surface area contributed by atoms with E-state index in [9.17, 15) is 24.6 Å². The number of para-hydroxylation sites is 1. The number of rotatable bonds is 3. The molecule has 0 radical (unpaired) electrons. The molecule has 0 unspecified atom stereocenters. The van der Waals surface area contributed by atoms with Gasteiger partial charge in [-0.1, -0.05) is 23.7 Å². The molecule has 0 spiro atoms. The fraction of sp³-hybridized carbons (Fsp3) is 0.250. The molecule has 2 aromatic carbocycles. The molecule has 8 heteroatoms. The second kappa shape index (κ2) is 6.32. The molecule has 0 aliphatic carbocycles. The molecule has 4 rings (SSSR count). The van der Waals surface area contributed by atoms with E-state index in [0.29, 0.717) is 16.3 Å². The molecule has 0 aromatic heterocycles. The van der Waals surface area contributed by atoms with Crippen LogP contribution in [0.25, 0.3) is 0 Å². The molecule has 4 atom stereocenters. The zero-order chi connectivity index (χ0) is 20.2. The van der Waals surface area contributed by atoms with Crippen molar-refractivity contribution >= 4 is 35.1 Å². The number of hydrogen-bond acceptors (Lipinski definition) is 5. The van der Waals surface area contributed by atoms with Gasteiger partial charge >= 0.3 is 0 Å². The van der Waals surface area contributed by atoms with Crippen LogP contribution in [-0.4, -0.2) is 28.4 Å². The number of nitrogens with zero attached hydrogens (tertiary/aromatic N) is 1. The van der Waals surface area contributed by atoms with E-state index in [1.807, 2.05) is 0 Å². The minimum Gasteiger partial charge on any atom is -0.544 e. The highest BCUT2D eigenvalue weighted by Crippen LogP contribution is 2.46. The van der Waals surface area contributed by atoms with Crippen molar-refractivity contribution in [2.24, 2.45) is 11.8 Å². The molecule has 2 fully saturated rings. The third-order valence-corrected chi connectivity index (χ3v) is 5.98. The number of anilines is 1. The number of nitrogens with two attached hydrogens (primary N) is 1. The molecule has 2 aromatic rings. The van der Waals surface area contributed by atoms with Gasteiger partial charge in [-0.3, -0.25) is 9.59 Å². The van der Waals surface area contributed by atoms with Gasteiger partial charge < -0.3 is 20.3 Å². The highest BCUT2D eigenvalue weighted by Gasteiger charge is 2.68. The minimum absolute atomic E-state index is 0.0599. The van der Waals surface area contributed by atoms with Crippen LogP contribution in [0.1, 0.15) is 18.5 Å². The standard InChI is InChI=1S/C20H17ClN2O5/c1-20(19(27)28)15-14(16(22-20)12-4-2-3-5-13(12)24)17(25)23(18(15)26)11-8-6-10(21)7-9-11/h2-9,14-16,22,24H,1H3,(H,27,28)/t14-,15-,16-,20-/m0/s1. The second-order valence-electron chi connectivity index (χ2n) is 7.31. The molecule has 0 bridgehead atoms. The molecule has 2 aliphatic rings. The fourth-order valence-corrected chi connectivity index (χ4v) is 4.48. The van der Waals surface area contributed by atoms with E-state index >= 15 is 0 Å². The molecular weight excluding hydrogens is 384 g/mol. The predicted molar refractivity (Wildman–Crippen MR) is 97.1 cm³/mol. The lowest BCUT2D eigenvalue weighted by Gasteiger charge is -2.29. The molecule has 2 heterocycles. The summed E-state index contributed by atoms with van der Waals surface area (Å²) in [6.45, 7) is 1.39. The third kappa shape index (κ3) is 2.51. The minimum atomic E-state index is -1.65. The van der Waals surface area contributed by atoms with Crippen molar-refractivity contribution in [2.75, 3.05) is 4.90 Å². The van der Waals surface area contributed by atoms with E-state index in [1.54, 1.807) is 30.3 Å². The SMILES string of the molecule is C[C@]1(C(=O)[O-])[NH2+][C@@H](c2ccccc2O)[C@H]2C(=O)N(c3ccc(Cl)cc3)C(=O)[C@H]21. The fourth-order valence-electron chi connectivity index (χ4n) is 4.36. The Balaban J connectivity index is 1.84. The summed E-state index contributed by atoms with van der Waals surface area (Å²) in [4.78, 5) is 39.4. The molecule has 2 amide bonds. The first-order chi connectivity index (χ1) is 13.3. The number of phenols is 1. The van der Waals surface area contributed by atoms with Crippen molar-refractivity contribution < 1.29 is 29.9 Å². The van der Waals surface area contributed by atoms with Crippen molar-refractivity contribution in [3.8, 4) is 5.75 Å². The number of hydrogen-bond donors (Lipinski definition) is 2. The maximum Gasteiger partial charge on any atom is 0.244 e. The number of aromatic hydroxyl groups is 1. The smallest absolute Gasteiger partial charge is 0.244 e. The predicted octanol–water partition coefficient (Wildman–Crippen LogP) is -0.0219. The normalized spacial score (nSPS) is 29.2. The zero-order valence-corrected chi connectivity index (χ0v) is 15.6. The monoisotopic (exact) mass is 400 g/mol. The number of aliphatic carboxylic acids is 1. The molecule has 2 aliphatic heterocycles. The number of carboxylic acid groups (broad SMARTS) is 1. The number of quaternary nitrogens is 1. The van der Waals surface area contributed by atoms with Gasteiger partial charge in [0.1, 0.15) is 35.1 Å². The van der Waals surface area contributed by atoms with Crippen LogP contribution in [0, 0.1) is 11.8 Å². The Hall–Kier alpha value is -2.90. The van der Waals surface area contributed by atoms with E-state index in [1.165, 1.54) is 30.4 Å². The van der Waals surface area contributed by atoms with Gasteiger partial charge in [-0.25, -0.2) is 4.90 Å². The Kier molecular flexibility index (Phi) is 4.17. The van der Waals surface area contributed by atoms with Crippen LogP contribution in [0.4, 0.5) is 5.69 Å². The molecule has 144 valence electrons. The number of benzene rings is 2. The van der Waals surface area contributed by atoms with Gasteiger partial charge in [0.15, 0.2) is 0 Å². The number of imide groups is 1. The molecule has 28 heavy (non-hydrogen) atoms. The Morgan fingerprint density at radius 2 is 1.79 bits per heavy atom. The first-order valence-corrected chi connectivity index (χ1v) is 9.12. The van der Waals surface area contributed by atoms with Crippen molar-refractivity contribution in [3.05, 3.63) is 59.1 Å². The van der Waals surface area contributed by atoms with E-state index in [-0.39, 0.29) is 5.75 Å². The number of halogens is 1. The lowest BCUT2D eigenvalue weighted by Crippen LogP contribution is -2.98. The molecule has 2 saturated heterocycles. The number of carbonyl (C=O) groups excluding carboxylic acids is 3. The molecule has 3 N–H and O–H groups in total. The lowest BCUT2D eigenvalue weighted by molar-refractivity contribution is -0.735. The first kappa shape index (κ1) is 18.5. The van der Waals surface area contributed by atoms with Gasteiger partial charge in [0.05, 0.1) is 11.3 Å². The van der Waals surface area contributed by atoms with Crippen LogP contribution in [0.3, 0.4) is 0 Å². The van der Waals surface area contributed by atoms with Gasteiger partial charge in [-0.05, 0) is 43.3 Å². The van der Waals surface area contributed by atoms with Gasteiger partial charge in [0.25, 0.3) is 0 Å². The van der Waals surface area contributed by atoms with Crippen LogP contribution in [-0.2, 0) is 14.4 Å². The quantitative estimate of drug-likeness (QED) is 0.703. The summed E-state index contributed by atoms with van der Waals surface area (Å²) >= 11 is 5.89. The highest BCUT2D eigenvalue weighted by molar-refractivity contribution is 6.31. The largest absolute Gasteiger partial charge is 0.544 e. The number of carbonyl (C=O) groups is 3. The number of fused-ring (bicyclic) bond motifs is 1. The summed E-state index contributed by atoms with van der Waals surface area (Å²) in [5.41, 5.74) is -0.918. The maximum absolute atomic E-state index is 13.2. The van der Waals surface area contributed by atoms with Crippen LogP contribution in [0.15, 0.2) is 48.5 Å². The Morgan fingerprint density at radius 1 is 1.14 bits per heavy atom. The van der Waals surface area contributed by atoms with Crippen molar-refractivity contribution in [3.63, 3.8) is 0 Å². The Bertz CT molecular complexity index is 992. The number of carboxylic acids is 1. The number of phenolic OH excluding ortho intramolecular Hbond substituents is 1. The topological polar surface area (TPSA) is 114 Å². The van der Waals surface area contributed by atoms with Crippen molar-refractivity contribution in [1.82, 2.24) is 0 Å². The Morgan fingerprint density at radius 3 is 2.39 bits per heavy atom. The third-order valence-electron chi connectivity index (χ3n) is 5.73. The van der Waals surface area contributed by atoms with Gasteiger partial charge in [-0.2, -0.15) is 0 Å². The van der Waals surface area contributed by atoms with Crippen molar-refractivity contribution in [1.29, 1.82) is 0 Å². The second-order valence-corrected chi connectivity index (χ2v) is 7.75. The average Bonchev–Trinajstić information content (AvgIpc) is 3.11. The lowest BCUT2D eigenvalue weighted by atomic mass is 9.80. The summed E-state index contributed by atoms with van der Waals surface area (Å²) < 4.78 is 0. The van der Waals surface area contributed by atoms with Gasteiger partial charge in [0, 0.05) is 5.02 Å². The molecule has 7 nitrogen and oxygen atoms in total. The van der Waals surface area contributed by atoms with Crippen LogP contribution in [0.5, 0.6) is 5.75 Å².